The Kier molecular flexibility index (Phi) is 5.79. The zero-order chi connectivity index (χ0) is 19.5. The third kappa shape index (κ3) is 4.29. The highest BCUT2D eigenvalue weighted by Crippen LogP contribution is 2.30. The summed E-state index contributed by atoms with van der Waals surface area (Å²) in [6.45, 7) is 3.04. The number of aromatic nitrogens is 3. The summed E-state index contributed by atoms with van der Waals surface area (Å²) in [6.07, 6.45) is 5.09. The standard InChI is InChI=1S/C20H19BrN4O2S/c1-13-9-23-17(10-22-13)19(26)25(11-16-3-2-8-27-16)20-24-18(12-28-20)14-4-6-15(21)7-5-14/h4-7,9-10,12,16H,2-3,8,11H2,1H3. The van der Waals surface area contributed by atoms with Crippen LogP contribution in [-0.2, 0) is 4.74 Å². The maximum atomic E-state index is 13.2. The van der Waals surface area contributed by atoms with Crippen molar-refractivity contribution < 1.29 is 9.53 Å². The number of carbonyl (C=O) groups excluding carboxylic acids is 1. The molecule has 3 heterocycles. The van der Waals surface area contributed by atoms with Gasteiger partial charge in [0.25, 0.3) is 5.91 Å². The minimum atomic E-state index is -0.209. The highest BCUT2D eigenvalue weighted by molar-refractivity contribution is 9.10. The van der Waals surface area contributed by atoms with Crippen LogP contribution in [0, 0.1) is 6.92 Å². The van der Waals surface area contributed by atoms with Crippen LogP contribution in [-0.4, -0.2) is 40.1 Å². The molecule has 0 saturated carbocycles. The Morgan fingerprint density at radius 3 is 2.79 bits per heavy atom. The molecule has 1 unspecified atom stereocenters. The molecular weight excluding hydrogens is 440 g/mol. The normalized spacial score (nSPS) is 16.3. The Labute approximate surface area is 175 Å². The van der Waals surface area contributed by atoms with Gasteiger partial charge in [-0.3, -0.25) is 14.7 Å². The molecule has 8 heteroatoms. The molecule has 4 rings (SSSR count). The number of anilines is 1. The molecule has 0 radical (unpaired) electrons. The quantitative estimate of drug-likeness (QED) is 0.562. The molecular formula is C20H19BrN4O2S. The van der Waals surface area contributed by atoms with E-state index >= 15 is 0 Å². The average molecular weight is 459 g/mol. The van der Waals surface area contributed by atoms with Crippen LogP contribution < -0.4 is 4.90 Å². The van der Waals surface area contributed by atoms with Gasteiger partial charge in [0, 0.05) is 28.2 Å². The van der Waals surface area contributed by atoms with E-state index in [0.717, 1.165) is 40.9 Å². The van der Waals surface area contributed by atoms with Gasteiger partial charge in [-0.25, -0.2) is 9.97 Å². The number of amides is 1. The van der Waals surface area contributed by atoms with Gasteiger partial charge in [-0.05, 0) is 31.9 Å². The van der Waals surface area contributed by atoms with Crippen LogP contribution in [0.3, 0.4) is 0 Å². The minimum absolute atomic E-state index is 0.0161. The van der Waals surface area contributed by atoms with Gasteiger partial charge in [0.2, 0.25) is 0 Å². The first-order valence-corrected chi connectivity index (χ1v) is 10.7. The number of benzene rings is 1. The van der Waals surface area contributed by atoms with E-state index in [1.54, 1.807) is 11.1 Å². The third-order valence-corrected chi connectivity index (χ3v) is 5.91. The van der Waals surface area contributed by atoms with E-state index in [1.165, 1.54) is 17.5 Å². The SMILES string of the molecule is Cc1cnc(C(=O)N(CC2CCCO2)c2nc(-c3ccc(Br)cc3)cs2)cn1. The summed E-state index contributed by atoms with van der Waals surface area (Å²) in [6, 6.07) is 7.96. The smallest absolute Gasteiger partial charge is 0.280 e. The number of aryl methyl sites for hydroxylation is 1. The molecule has 3 aromatic rings. The van der Waals surface area contributed by atoms with Crippen molar-refractivity contribution in [1.82, 2.24) is 15.0 Å². The van der Waals surface area contributed by atoms with Crippen LogP contribution in [0.5, 0.6) is 0 Å². The van der Waals surface area contributed by atoms with Gasteiger partial charge in [-0.15, -0.1) is 11.3 Å². The van der Waals surface area contributed by atoms with Crippen LogP contribution >= 0.6 is 27.3 Å². The van der Waals surface area contributed by atoms with Gasteiger partial charge in [0.15, 0.2) is 5.13 Å². The number of thiazole rings is 1. The van der Waals surface area contributed by atoms with Crippen LogP contribution in [0.2, 0.25) is 0 Å². The maximum Gasteiger partial charge on any atom is 0.280 e. The fraction of sp³-hybridized carbons (Fsp3) is 0.300. The highest BCUT2D eigenvalue weighted by atomic mass is 79.9. The molecule has 0 N–H and O–H groups in total. The molecule has 1 atom stereocenters. The van der Waals surface area contributed by atoms with E-state index in [4.69, 9.17) is 9.72 Å². The molecule has 1 amide bonds. The Morgan fingerprint density at radius 2 is 2.11 bits per heavy atom. The highest BCUT2D eigenvalue weighted by Gasteiger charge is 2.27. The summed E-state index contributed by atoms with van der Waals surface area (Å²) in [4.78, 5) is 28.0. The van der Waals surface area contributed by atoms with E-state index in [0.29, 0.717) is 17.4 Å². The van der Waals surface area contributed by atoms with Crippen molar-refractivity contribution in [2.75, 3.05) is 18.1 Å². The largest absolute Gasteiger partial charge is 0.376 e. The van der Waals surface area contributed by atoms with Crippen molar-refractivity contribution in [2.45, 2.75) is 25.9 Å². The van der Waals surface area contributed by atoms with E-state index in [2.05, 4.69) is 25.9 Å². The Hall–Kier alpha value is -2.16. The lowest BCUT2D eigenvalue weighted by Gasteiger charge is -2.22. The van der Waals surface area contributed by atoms with Crippen molar-refractivity contribution in [3.8, 4) is 11.3 Å². The Balaban J connectivity index is 1.64. The Bertz CT molecular complexity index is 953. The lowest BCUT2D eigenvalue weighted by Crippen LogP contribution is -2.38. The number of nitrogens with zero attached hydrogens (tertiary/aromatic N) is 4. The summed E-state index contributed by atoms with van der Waals surface area (Å²) < 4.78 is 6.77. The molecule has 1 aliphatic rings. The number of hydrogen-bond donors (Lipinski definition) is 0. The lowest BCUT2D eigenvalue weighted by molar-refractivity contribution is 0.0913. The van der Waals surface area contributed by atoms with Crippen LogP contribution in [0.25, 0.3) is 11.3 Å². The van der Waals surface area contributed by atoms with Crippen LogP contribution in [0.1, 0.15) is 29.0 Å². The van der Waals surface area contributed by atoms with E-state index in [1.807, 2.05) is 36.6 Å². The molecule has 1 aliphatic heterocycles. The van der Waals surface area contributed by atoms with Crippen molar-refractivity contribution in [2.24, 2.45) is 0 Å². The second-order valence-corrected chi connectivity index (χ2v) is 8.37. The van der Waals surface area contributed by atoms with E-state index < -0.39 is 0 Å². The summed E-state index contributed by atoms with van der Waals surface area (Å²) in [5, 5.41) is 2.61. The number of rotatable bonds is 5. The maximum absolute atomic E-state index is 13.2. The van der Waals surface area contributed by atoms with Gasteiger partial charge in [0.1, 0.15) is 5.69 Å². The zero-order valence-corrected chi connectivity index (χ0v) is 17.7. The molecule has 144 valence electrons. The molecule has 1 saturated heterocycles. The predicted octanol–water partition coefficient (Wildman–Crippen LogP) is 4.50. The van der Waals surface area contributed by atoms with Gasteiger partial charge in [0.05, 0.1) is 30.2 Å². The van der Waals surface area contributed by atoms with Crippen molar-refractivity contribution in [1.29, 1.82) is 0 Å². The topological polar surface area (TPSA) is 68.2 Å². The second-order valence-electron chi connectivity index (χ2n) is 6.62. The second kappa shape index (κ2) is 8.46. The summed E-state index contributed by atoms with van der Waals surface area (Å²) in [5.41, 5.74) is 2.93. The first-order valence-electron chi connectivity index (χ1n) is 9.04. The first kappa shape index (κ1) is 19.2. The molecule has 0 aliphatic carbocycles. The van der Waals surface area contributed by atoms with Gasteiger partial charge >= 0.3 is 0 Å². The molecule has 0 spiro atoms. The fourth-order valence-electron chi connectivity index (χ4n) is 3.02. The fourth-order valence-corrected chi connectivity index (χ4v) is 4.13. The minimum Gasteiger partial charge on any atom is -0.376 e. The monoisotopic (exact) mass is 458 g/mol. The predicted molar refractivity (Wildman–Crippen MR) is 113 cm³/mol. The van der Waals surface area contributed by atoms with Crippen molar-refractivity contribution in [3.05, 3.63) is 57.9 Å². The number of halogens is 1. The number of hydrogen-bond acceptors (Lipinski definition) is 6. The van der Waals surface area contributed by atoms with Gasteiger partial charge < -0.3 is 4.74 Å². The summed E-state index contributed by atoms with van der Waals surface area (Å²) in [5.74, 6) is -0.209. The lowest BCUT2D eigenvalue weighted by atomic mass is 10.2. The molecule has 28 heavy (non-hydrogen) atoms. The summed E-state index contributed by atoms with van der Waals surface area (Å²) in [7, 11) is 0. The van der Waals surface area contributed by atoms with Crippen LogP contribution in [0.4, 0.5) is 5.13 Å². The molecule has 1 aromatic carbocycles. The molecule has 0 bridgehead atoms. The average Bonchev–Trinajstić information content (AvgIpc) is 3.39. The van der Waals surface area contributed by atoms with Crippen molar-refractivity contribution in [3.63, 3.8) is 0 Å². The molecule has 6 nitrogen and oxygen atoms in total. The Morgan fingerprint density at radius 1 is 1.29 bits per heavy atom. The van der Waals surface area contributed by atoms with Crippen LogP contribution in [0.15, 0.2) is 46.5 Å². The summed E-state index contributed by atoms with van der Waals surface area (Å²) >= 11 is 4.89. The zero-order valence-electron chi connectivity index (χ0n) is 15.3. The van der Waals surface area contributed by atoms with E-state index in [9.17, 15) is 4.79 Å². The van der Waals surface area contributed by atoms with Gasteiger partial charge in [-0.2, -0.15) is 0 Å². The number of ether oxygens (including phenoxy) is 1. The van der Waals surface area contributed by atoms with E-state index in [-0.39, 0.29) is 12.0 Å². The molecule has 2 aromatic heterocycles. The first-order chi connectivity index (χ1) is 13.6. The third-order valence-electron chi connectivity index (χ3n) is 4.52. The van der Waals surface area contributed by atoms with Crippen molar-refractivity contribution >= 4 is 38.3 Å². The molecule has 1 fully saturated rings. The number of carbonyl (C=O) groups is 1. The van der Waals surface area contributed by atoms with Gasteiger partial charge in [-0.1, -0.05) is 28.1 Å².